The minimum absolute atomic E-state index is 0.330. The summed E-state index contributed by atoms with van der Waals surface area (Å²) in [5, 5.41) is 0. The van der Waals surface area contributed by atoms with Crippen molar-refractivity contribution in [2.75, 3.05) is 0 Å². The van der Waals surface area contributed by atoms with E-state index in [9.17, 15) is 4.79 Å². The molecule has 27 heavy (non-hydrogen) atoms. The van der Waals surface area contributed by atoms with E-state index in [2.05, 4.69) is 45.9 Å². The Hall–Kier alpha value is -2.03. The van der Waals surface area contributed by atoms with Gasteiger partial charge in [-0.1, -0.05) is 34.9 Å². The van der Waals surface area contributed by atoms with E-state index in [1.54, 1.807) is 6.20 Å². The second-order valence-corrected chi connectivity index (χ2v) is 8.57. The lowest BCUT2D eigenvalue weighted by atomic mass is 10.1. The zero-order valence-corrected chi connectivity index (χ0v) is 18.3. The molecule has 0 fully saturated rings. The molecular formula is C24H37NO2. The van der Waals surface area contributed by atoms with Crippen molar-refractivity contribution in [3.63, 3.8) is 0 Å². The van der Waals surface area contributed by atoms with Gasteiger partial charge in [-0.05, 0) is 92.2 Å². The first kappa shape index (κ1) is 23.0. The highest BCUT2D eigenvalue weighted by atomic mass is 16.6. The number of carbonyl (C=O) groups excluding carboxylic acids is 1. The average Bonchev–Trinajstić information content (AvgIpc) is 3.00. The van der Waals surface area contributed by atoms with E-state index in [1.807, 2.05) is 33.0 Å². The molecule has 0 saturated heterocycles. The lowest BCUT2D eigenvalue weighted by Crippen LogP contribution is -2.26. The van der Waals surface area contributed by atoms with Crippen molar-refractivity contribution in [2.45, 2.75) is 86.2 Å². The van der Waals surface area contributed by atoms with E-state index >= 15 is 0 Å². The third-order valence-electron chi connectivity index (χ3n) is 4.17. The molecule has 0 N–H and O–H groups in total. The SMILES string of the molecule is CC(C)=CCC/C(C)=C/CC/C(C)=C/Cc1ccn(C(=O)OC(C)(C)C)c1. The molecule has 1 rings (SSSR count). The van der Waals surface area contributed by atoms with Crippen molar-refractivity contribution in [3.05, 3.63) is 59.0 Å². The molecule has 0 spiro atoms. The second kappa shape index (κ2) is 11.0. The molecule has 0 unspecified atom stereocenters. The predicted octanol–water partition coefficient (Wildman–Crippen LogP) is 7.23. The molecule has 1 heterocycles. The fourth-order valence-electron chi connectivity index (χ4n) is 2.62. The minimum atomic E-state index is -0.477. The summed E-state index contributed by atoms with van der Waals surface area (Å²) >= 11 is 0. The monoisotopic (exact) mass is 371 g/mol. The van der Waals surface area contributed by atoms with Crippen molar-refractivity contribution >= 4 is 6.09 Å². The maximum Gasteiger partial charge on any atom is 0.418 e. The van der Waals surface area contributed by atoms with Crippen LogP contribution in [0.15, 0.2) is 53.4 Å². The summed E-state index contributed by atoms with van der Waals surface area (Å²) in [5.41, 5.74) is 4.88. The van der Waals surface area contributed by atoms with Gasteiger partial charge in [0, 0.05) is 12.4 Å². The number of ether oxygens (including phenoxy) is 1. The zero-order valence-electron chi connectivity index (χ0n) is 18.3. The number of hydrogen-bond donors (Lipinski definition) is 0. The number of allylic oxidation sites excluding steroid dienone is 6. The summed E-state index contributed by atoms with van der Waals surface area (Å²) in [4.78, 5) is 12.0. The van der Waals surface area contributed by atoms with Gasteiger partial charge in [-0.3, -0.25) is 4.57 Å². The topological polar surface area (TPSA) is 31.2 Å². The summed E-state index contributed by atoms with van der Waals surface area (Å²) in [6.45, 7) is 14.3. The lowest BCUT2D eigenvalue weighted by Gasteiger charge is -2.19. The molecule has 0 amide bonds. The third kappa shape index (κ3) is 10.6. The van der Waals surface area contributed by atoms with Crippen LogP contribution in [0.5, 0.6) is 0 Å². The summed E-state index contributed by atoms with van der Waals surface area (Å²) in [7, 11) is 0. The maximum atomic E-state index is 12.0. The van der Waals surface area contributed by atoms with Gasteiger partial charge in [0.15, 0.2) is 0 Å². The summed E-state index contributed by atoms with van der Waals surface area (Å²) in [5.74, 6) is 0. The molecule has 0 saturated carbocycles. The van der Waals surface area contributed by atoms with Crippen molar-refractivity contribution in [1.82, 2.24) is 4.57 Å². The molecule has 1 aromatic rings. The highest BCUT2D eigenvalue weighted by Crippen LogP contribution is 2.14. The molecule has 0 aromatic carbocycles. The van der Waals surface area contributed by atoms with Gasteiger partial charge in [0.25, 0.3) is 0 Å². The molecule has 1 aromatic heterocycles. The maximum absolute atomic E-state index is 12.0. The van der Waals surface area contributed by atoms with Crippen LogP contribution in [-0.4, -0.2) is 16.3 Å². The fourth-order valence-corrected chi connectivity index (χ4v) is 2.62. The number of aromatic nitrogens is 1. The Kier molecular flexibility index (Phi) is 9.34. The summed E-state index contributed by atoms with van der Waals surface area (Å²) in [6, 6.07) is 1.97. The van der Waals surface area contributed by atoms with Crippen molar-refractivity contribution < 1.29 is 9.53 Å². The largest absolute Gasteiger partial charge is 0.443 e. The van der Waals surface area contributed by atoms with Crippen LogP contribution in [0.2, 0.25) is 0 Å². The normalized spacial score (nSPS) is 12.9. The zero-order chi connectivity index (χ0) is 20.4. The quantitative estimate of drug-likeness (QED) is 0.451. The second-order valence-electron chi connectivity index (χ2n) is 8.57. The van der Waals surface area contributed by atoms with Crippen LogP contribution in [0.1, 0.15) is 79.7 Å². The average molecular weight is 372 g/mol. The van der Waals surface area contributed by atoms with E-state index in [-0.39, 0.29) is 6.09 Å². The van der Waals surface area contributed by atoms with Gasteiger partial charge >= 0.3 is 6.09 Å². The summed E-state index contributed by atoms with van der Waals surface area (Å²) in [6.07, 6.45) is 15.5. The first-order valence-corrected chi connectivity index (χ1v) is 9.91. The third-order valence-corrected chi connectivity index (χ3v) is 4.17. The molecule has 0 aliphatic heterocycles. The molecule has 0 aliphatic carbocycles. The number of hydrogen-bond acceptors (Lipinski definition) is 2. The van der Waals surface area contributed by atoms with Gasteiger partial charge in [-0.25, -0.2) is 4.79 Å². The van der Waals surface area contributed by atoms with Gasteiger partial charge in [0.1, 0.15) is 5.60 Å². The molecule has 150 valence electrons. The smallest absolute Gasteiger partial charge is 0.418 e. The van der Waals surface area contributed by atoms with Crippen molar-refractivity contribution in [2.24, 2.45) is 0 Å². The van der Waals surface area contributed by atoms with Crippen LogP contribution in [0.3, 0.4) is 0 Å². The highest BCUT2D eigenvalue weighted by Gasteiger charge is 2.17. The van der Waals surface area contributed by atoms with Crippen molar-refractivity contribution in [3.8, 4) is 0 Å². The van der Waals surface area contributed by atoms with Crippen LogP contribution in [0.4, 0.5) is 4.79 Å². The van der Waals surface area contributed by atoms with Crippen LogP contribution in [0, 0.1) is 0 Å². The van der Waals surface area contributed by atoms with Gasteiger partial charge in [0.05, 0.1) is 0 Å². The minimum Gasteiger partial charge on any atom is -0.443 e. The molecule has 3 nitrogen and oxygen atoms in total. The fraction of sp³-hybridized carbons (Fsp3) is 0.542. The van der Waals surface area contributed by atoms with Crippen LogP contribution in [-0.2, 0) is 11.2 Å². The summed E-state index contributed by atoms with van der Waals surface area (Å²) < 4.78 is 6.89. The molecule has 3 heteroatoms. The van der Waals surface area contributed by atoms with Crippen LogP contribution < -0.4 is 0 Å². The Morgan fingerprint density at radius 2 is 1.59 bits per heavy atom. The van der Waals surface area contributed by atoms with E-state index in [1.165, 1.54) is 21.3 Å². The molecular weight excluding hydrogens is 334 g/mol. The Balaban J connectivity index is 2.44. The molecule has 0 radical (unpaired) electrons. The van der Waals surface area contributed by atoms with Crippen molar-refractivity contribution in [1.29, 1.82) is 0 Å². The van der Waals surface area contributed by atoms with Gasteiger partial charge in [-0.15, -0.1) is 0 Å². The molecule has 0 aliphatic rings. The Morgan fingerprint density at radius 3 is 2.19 bits per heavy atom. The van der Waals surface area contributed by atoms with E-state index in [0.717, 1.165) is 37.7 Å². The predicted molar refractivity (Wildman–Crippen MR) is 115 cm³/mol. The lowest BCUT2D eigenvalue weighted by molar-refractivity contribution is 0.0537. The Morgan fingerprint density at radius 1 is 1.00 bits per heavy atom. The Bertz CT molecular complexity index is 692. The van der Waals surface area contributed by atoms with E-state index in [4.69, 9.17) is 4.74 Å². The van der Waals surface area contributed by atoms with Gasteiger partial charge in [0.2, 0.25) is 0 Å². The Labute approximate surface area is 165 Å². The number of carbonyl (C=O) groups is 1. The first-order valence-electron chi connectivity index (χ1n) is 9.91. The molecule has 0 atom stereocenters. The van der Waals surface area contributed by atoms with Crippen LogP contribution in [0.25, 0.3) is 0 Å². The first-order chi connectivity index (χ1) is 12.6. The highest BCUT2D eigenvalue weighted by molar-refractivity contribution is 5.71. The molecule has 0 bridgehead atoms. The van der Waals surface area contributed by atoms with Gasteiger partial charge in [-0.2, -0.15) is 0 Å². The van der Waals surface area contributed by atoms with Gasteiger partial charge < -0.3 is 4.74 Å². The van der Waals surface area contributed by atoms with Crippen LogP contribution >= 0.6 is 0 Å². The van der Waals surface area contributed by atoms with E-state index in [0.29, 0.717) is 0 Å². The number of nitrogens with zero attached hydrogens (tertiary/aromatic N) is 1. The van der Waals surface area contributed by atoms with E-state index < -0.39 is 5.60 Å². The standard InChI is InChI=1S/C24H37NO2/c1-19(2)10-8-11-20(3)12-9-13-21(4)14-15-22-16-17-25(18-22)23(26)27-24(5,6)7/h10,12,14,16-18H,8-9,11,13,15H2,1-7H3/b20-12+,21-14+. The number of rotatable bonds is 8.